The lowest BCUT2D eigenvalue weighted by Crippen LogP contribution is -2.45. The van der Waals surface area contributed by atoms with E-state index in [0.717, 1.165) is 5.56 Å². The number of phenols is 1. The van der Waals surface area contributed by atoms with E-state index in [0.29, 0.717) is 23.5 Å². The molecular formula is C20H21NO6S. The Hall–Kier alpha value is -2.87. The number of hydrogen-bond donors (Lipinski definition) is 4. The summed E-state index contributed by atoms with van der Waals surface area (Å²) in [5.74, 6) is -0.335. The number of ether oxygens (including phenoxy) is 2. The fourth-order valence-corrected chi connectivity index (χ4v) is 3.24. The lowest BCUT2D eigenvalue weighted by molar-refractivity contribution is -0.142. The molecule has 3 N–H and O–H groups in total. The highest BCUT2D eigenvalue weighted by atomic mass is 32.1. The van der Waals surface area contributed by atoms with Gasteiger partial charge in [-0.25, -0.2) is 4.79 Å². The molecule has 0 aliphatic carbocycles. The number of rotatable bonds is 8. The van der Waals surface area contributed by atoms with E-state index in [1.165, 1.54) is 12.1 Å². The van der Waals surface area contributed by atoms with Gasteiger partial charge in [0.25, 0.3) is 0 Å². The Morgan fingerprint density at radius 3 is 2.39 bits per heavy atom. The van der Waals surface area contributed by atoms with Crippen molar-refractivity contribution in [1.82, 2.24) is 5.32 Å². The van der Waals surface area contributed by atoms with Gasteiger partial charge in [0.15, 0.2) is 11.5 Å². The summed E-state index contributed by atoms with van der Waals surface area (Å²) in [7, 11) is 0. The summed E-state index contributed by atoms with van der Waals surface area (Å²) < 4.78 is 10.6. The Morgan fingerprint density at radius 2 is 1.71 bits per heavy atom. The van der Waals surface area contributed by atoms with Crippen LogP contribution in [0.5, 0.6) is 17.2 Å². The molecule has 0 radical (unpaired) electrons. The zero-order valence-corrected chi connectivity index (χ0v) is 15.9. The fraction of sp³-hybridized carbons (Fsp3) is 0.300. The minimum Gasteiger partial charge on any atom is -0.508 e. The van der Waals surface area contributed by atoms with Gasteiger partial charge in [0, 0.05) is 12.2 Å². The third kappa shape index (κ3) is 4.89. The van der Waals surface area contributed by atoms with Gasteiger partial charge in [0.2, 0.25) is 12.7 Å². The summed E-state index contributed by atoms with van der Waals surface area (Å²) >= 11 is 4.26. The maximum absolute atomic E-state index is 12.7. The van der Waals surface area contributed by atoms with Crippen LogP contribution >= 0.6 is 12.6 Å². The molecule has 2 aromatic rings. The van der Waals surface area contributed by atoms with E-state index in [2.05, 4.69) is 17.9 Å². The number of aliphatic carboxylic acids is 1. The molecule has 0 spiro atoms. The van der Waals surface area contributed by atoms with Gasteiger partial charge in [-0.3, -0.25) is 4.79 Å². The highest BCUT2D eigenvalue weighted by molar-refractivity contribution is 7.80. The molecule has 8 heteroatoms. The fourth-order valence-electron chi connectivity index (χ4n) is 2.95. The molecule has 3 rings (SSSR count). The van der Waals surface area contributed by atoms with Crippen molar-refractivity contribution in [3.8, 4) is 17.2 Å². The maximum Gasteiger partial charge on any atom is 0.326 e. The molecule has 1 aliphatic rings. The van der Waals surface area contributed by atoms with Gasteiger partial charge in [-0.15, -0.1) is 0 Å². The van der Waals surface area contributed by atoms with E-state index in [9.17, 15) is 19.8 Å². The summed E-state index contributed by atoms with van der Waals surface area (Å²) in [6.07, 6.45) is 0.516. The minimum atomic E-state index is -1.12. The molecule has 0 saturated carbocycles. The van der Waals surface area contributed by atoms with Crippen LogP contribution in [-0.2, 0) is 22.4 Å². The number of hydrogen-bond acceptors (Lipinski definition) is 6. The van der Waals surface area contributed by atoms with Crippen molar-refractivity contribution < 1.29 is 29.3 Å². The molecule has 28 heavy (non-hydrogen) atoms. The van der Waals surface area contributed by atoms with Gasteiger partial charge < -0.3 is 25.0 Å². The SMILES string of the molecule is O=C(NC(Cc1ccc(O)cc1)C(=O)O)C(CS)Cc1ccc2c(c1)OCO2. The lowest BCUT2D eigenvalue weighted by Gasteiger charge is -2.19. The van der Waals surface area contributed by atoms with Crippen LogP contribution in [0.15, 0.2) is 42.5 Å². The van der Waals surface area contributed by atoms with E-state index < -0.39 is 17.9 Å². The first kappa shape index (κ1) is 19.9. The zero-order chi connectivity index (χ0) is 20.1. The standard InChI is InChI=1S/C20H21NO6S/c22-15-4-1-12(2-5-15)8-16(20(24)25)21-19(23)14(10-28)7-13-3-6-17-18(9-13)27-11-26-17/h1-6,9,14,16,22,28H,7-8,10-11H2,(H,21,23)(H,24,25). The molecule has 2 aromatic carbocycles. The number of carbonyl (C=O) groups is 2. The number of thiol groups is 1. The van der Waals surface area contributed by atoms with Crippen molar-refractivity contribution in [2.24, 2.45) is 5.92 Å². The predicted octanol–water partition coefficient (Wildman–Crippen LogP) is 2.02. The van der Waals surface area contributed by atoms with Crippen molar-refractivity contribution in [2.75, 3.05) is 12.5 Å². The van der Waals surface area contributed by atoms with E-state index >= 15 is 0 Å². The molecule has 2 atom stereocenters. The van der Waals surface area contributed by atoms with Crippen LogP contribution in [0, 0.1) is 5.92 Å². The number of carboxylic acid groups (broad SMARTS) is 1. The molecule has 7 nitrogen and oxygen atoms in total. The second kappa shape index (κ2) is 8.88. The highest BCUT2D eigenvalue weighted by Gasteiger charge is 2.26. The zero-order valence-electron chi connectivity index (χ0n) is 15.0. The highest BCUT2D eigenvalue weighted by Crippen LogP contribution is 2.33. The van der Waals surface area contributed by atoms with Crippen molar-refractivity contribution in [2.45, 2.75) is 18.9 Å². The van der Waals surface area contributed by atoms with Crippen LogP contribution in [0.1, 0.15) is 11.1 Å². The second-order valence-corrected chi connectivity index (χ2v) is 6.91. The van der Waals surface area contributed by atoms with Gasteiger partial charge in [-0.05, 0) is 41.8 Å². The van der Waals surface area contributed by atoms with Crippen molar-refractivity contribution in [1.29, 1.82) is 0 Å². The summed E-state index contributed by atoms with van der Waals surface area (Å²) in [5.41, 5.74) is 1.58. The van der Waals surface area contributed by atoms with Gasteiger partial charge in [-0.1, -0.05) is 18.2 Å². The third-order valence-corrected chi connectivity index (χ3v) is 4.94. The van der Waals surface area contributed by atoms with Crippen LogP contribution in [0.2, 0.25) is 0 Å². The summed E-state index contributed by atoms with van der Waals surface area (Å²) in [6.45, 7) is 0.173. The van der Waals surface area contributed by atoms with Crippen LogP contribution < -0.4 is 14.8 Å². The van der Waals surface area contributed by atoms with Gasteiger partial charge in [0.1, 0.15) is 11.8 Å². The Balaban J connectivity index is 1.65. The van der Waals surface area contributed by atoms with Crippen molar-refractivity contribution >= 4 is 24.5 Å². The Kier molecular flexibility index (Phi) is 6.30. The first-order chi connectivity index (χ1) is 13.5. The largest absolute Gasteiger partial charge is 0.508 e. The average Bonchev–Trinajstić information content (AvgIpc) is 3.14. The second-order valence-electron chi connectivity index (χ2n) is 6.54. The molecule has 1 heterocycles. The number of carboxylic acids is 1. The maximum atomic E-state index is 12.7. The number of carbonyl (C=O) groups excluding carboxylic acids is 1. The third-order valence-electron chi connectivity index (χ3n) is 4.50. The van der Waals surface area contributed by atoms with Crippen LogP contribution in [0.25, 0.3) is 0 Å². The summed E-state index contributed by atoms with van der Waals surface area (Å²) in [6, 6.07) is 10.6. The molecule has 1 aliphatic heterocycles. The quantitative estimate of drug-likeness (QED) is 0.503. The van der Waals surface area contributed by atoms with E-state index in [-0.39, 0.29) is 30.6 Å². The van der Waals surface area contributed by atoms with Gasteiger partial charge in [0.05, 0.1) is 5.92 Å². The molecule has 0 fully saturated rings. The van der Waals surface area contributed by atoms with Crippen LogP contribution in [0.3, 0.4) is 0 Å². The first-order valence-corrected chi connectivity index (χ1v) is 9.40. The van der Waals surface area contributed by atoms with Crippen LogP contribution in [-0.4, -0.2) is 40.7 Å². The number of amides is 1. The molecular weight excluding hydrogens is 382 g/mol. The minimum absolute atomic E-state index is 0.0959. The number of aromatic hydroxyl groups is 1. The Morgan fingerprint density at radius 1 is 1.04 bits per heavy atom. The lowest BCUT2D eigenvalue weighted by atomic mass is 9.98. The van der Waals surface area contributed by atoms with E-state index in [1.54, 1.807) is 18.2 Å². The van der Waals surface area contributed by atoms with E-state index in [4.69, 9.17) is 9.47 Å². The smallest absolute Gasteiger partial charge is 0.326 e. The molecule has 1 amide bonds. The van der Waals surface area contributed by atoms with Crippen LogP contribution in [0.4, 0.5) is 0 Å². The van der Waals surface area contributed by atoms with Gasteiger partial charge in [-0.2, -0.15) is 12.6 Å². The number of fused-ring (bicyclic) bond motifs is 1. The van der Waals surface area contributed by atoms with E-state index in [1.807, 2.05) is 12.1 Å². The summed E-state index contributed by atoms with van der Waals surface area (Å²) in [4.78, 5) is 24.2. The predicted molar refractivity (Wildman–Crippen MR) is 105 cm³/mol. The Bertz CT molecular complexity index is 854. The van der Waals surface area contributed by atoms with Crippen molar-refractivity contribution in [3.05, 3.63) is 53.6 Å². The monoisotopic (exact) mass is 403 g/mol. The molecule has 2 unspecified atom stereocenters. The van der Waals surface area contributed by atoms with Gasteiger partial charge >= 0.3 is 5.97 Å². The average molecular weight is 403 g/mol. The molecule has 0 saturated heterocycles. The van der Waals surface area contributed by atoms with Crippen molar-refractivity contribution in [3.63, 3.8) is 0 Å². The summed E-state index contributed by atoms with van der Waals surface area (Å²) in [5, 5.41) is 21.4. The topological polar surface area (TPSA) is 105 Å². The number of phenolic OH excluding ortho intramolecular Hbond substituents is 1. The number of nitrogens with one attached hydrogen (secondary N) is 1. The molecule has 148 valence electrons. The number of benzene rings is 2. The molecule has 0 aromatic heterocycles. The Labute approximate surface area is 167 Å². The first-order valence-electron chi connectivity index (χ1n) is 8.76. The molecule has 0 bridgehead atoms. The normalized spacial score (nSPS) is 14.3.